The van der Waals surface area contributed by atoms with Gasteiger partial charge in [0, 0.05) is 0 Å². The third-order valence-electron chi connectivity index (χ3n) is 10.1. The molecule has 0 saturated carbocycles. The van der Waals surface area contributed by atoms with Crippen molar-refractivity contribution in [2.24, 2.45) is 0 Å². The Morgan fingerprint density at radius 1 is 0.421 bits per heavy atom. The molecule has 0 bridgehead atoms. The van der Waals surface area contributed by atoms with Gasteiger partial charge in [-0.1, -0.05) is 144 Å². The van der Waals surface area contributed by atoms with Gasteiger partial charge in [0.05, 0.1) is 0 Å². The first kappa shape index (κ1) is 30.2. The monoisotopic (exact) mass is 510 g/mol. The highest BCUT2D eigenvalue weighted by Gasteiger charge is 2.32. The molecule has 0 N–H and O–H groups in total. The maximum Gasteiger partial charge on any atom is -0.00938 e. The normalized spacial score (nSPS) is 13.2. The van der Waals surface area contributed by atoms with Crippen LogP contribution in [0.15, 0.2) is 60.7 Å². The maximum atomic E-state index is 2.43. The Bertz CT molecular complexity index is 1210. The highest BCUT2D eigenvalue weighted by atomic mass is 14.4. The fraction of sp³-hybridized carbons (Fsp3) is 0.526. The summed E-state index contributed by atoms with van der Waals surface area (Å²) in [4.78, 5) is 0. The van der Waals surface area contributed by atoms with Crippen LogP contribution in [0.4, 0.5) is 0 Å². The second-order valence-electron chi connectivity index (χ2n) is 14.0. The molecule has 0 radical (unpaired) electrons. The van der Waals surface area contributed by atoms with Crippen molar-refractivity contribution in [3.63, 3.8) is 0 Å². The van der Waals surface area contributed by atoms with Crippen molar-refractivity contribution >= 4 is 0 Å². The lowest BCUT2D eigenvalue weighted by atomic mass is 9.68. The van der Waals surface area contributed by atoms with E-state index in [1.807, 2.05) is 0 Å². The molecule has 0 heteroatoms. The van der Waals surface area contributed by atoms with Crippen LogP contribution in [0.3, 0.4) is 0 Å². The zero-order valence-electron chi connectivity index (χ0n) is 26.6. The molecule has 0 heterocycles. The predicted molar refractivity (Wildman–Crippen MR) is 171 cm³/mol. The van der Waals surface area contributed by atoms with Crippen LogP contribution in [0.2, 0.25) is 0 Å². The summed E-state index contributed by atoms with van der Waals surface area (Å²) in [6.45, 7) is 28.3. The largest absolute Gasteiger partial charge is 0.0646 e. The van der Waals surface area contributed by atoms with Crippen molar-refractivity contribution in [2.45, 2.75) is 130 Å². The average molecular weight is 511 g/mol. The summed E-state index contributed by atoms with van der Waals surface area (Å²) in [6, 6.07) is 23.8. The van der Waals surface area contributed by atoms with Crippen LogP contribution in [0.1, 0.15) is 131 Å². The smallest absolute Gasteiger partial charge is 0.00938 e. The summed E-state index contributed by atoms with van der Waals surface area (Å²) in [7, 11) is 0. The van der Waals surface area contributed by atoms with E-state index in [-0.39, 0.29) is 21.7 Å². The van der Waals surface area contributed by atoms with Crippen molar-refractivity contribution in [2.75, 3.05) is 0 Å². The second kappa shape index (κ2) is 11.0. The SMILES string of the molecule is CCC(C)(C)c1ccc(-c2ccc(C(C)(C)CC)c(-c3ccc(C(C)(C)CC)cc3)c2C(C)(C)CC)cc1. The van der Waals surface area contributed by atoms with Gasteiger partial charge in [0.25, 0.3) is 0 Å². The molecular weight excluding hydrogens is 456 g/mol. The summed E-state index contributed by atoms with van der Waals surface area (Å²) < 4.78 is 0. The van der Waals surface area contributed by atoms with Crippen LogP contribution in [0.5, 0.6) is 0 Å². The van der Waals surface area contributed by atoms with E-state index < -0.39 is 0 Å². The molecule has 3 rings (SSSR count). The minimum Gasteiger partial charge on any atom is -0.0646 e. The Hall–Kier alpha value is -2.34. The number of hydrogen-bond donors (Lipinski definition) is 0. The second-order valence-corrected chi connectivity index (χ2v) is 14.0. The Kier molecular flexibility index (Phi) is 8.77. The summed E-state index contributed by atoms with van der Waals surface area (Å²) in [6.07, 6.45) is 4.46. The van der Waals surface area contributed by atoms with Gasteiger partial charge < -0.3 is 0 Å². The van der Waals surface area contributed by atoms with Crippen molar-refractivity contribution in [1.82, 2.24) is 0 Å². The Labute approximate surface area is 235 Å². The van der Waals surface area contributed by atoms with E-state index in [0.29, 0.717) is 0 Å². The molecule has 0 aliphatic rings. The molecule has 0 unspecified atom stereocenters. The lowest BCUT2D eigenvalue weighted by molar-refractivity contribution is 0.492. The summed E-state index contributed by atoms with van der Waals surface area (Å²) in [5.41, 5.74) is 11.8. The summed E-state index contributed by atoms with van der Waals surface area (Å²) in [5.74, 6) is 0. The van der Waals surface area contributed by atoms with Gasteiger partial charge in [0.2, 0.25) is 0 Å². The van der Waals surface area contributed by atoms with E-state index in [0.717, 1.165) is 25.7 Å². The van der Waals surface area contributed by atoms with Crippen molar-refractivity contribution in [3.05, 3.63) is 82.9 Å². The molecule has 206 valence electrons. The molecule has 3 aromatic carbocycles. The predicted octanol–water partition coefficient (Wildman–Crippen LogP) is 11.8. The molecule has 38 heavy (non-hydrogen) atoms. The van der Waals surface area contributed by atoms with Crippen LogP contribution < -0.4 is 0 Å². The first-order chi connectivity index (χ1) is 17.6. The van der Waals surface area contributed by atoms with Gasteiger partial charge in [-0.15, -0.1) is 0 Å². The Morgan fingerprint density at radius 2 is 0.816 bits per heavy atom. The quantitative estimate of drug-likeness (QED) is 0.254. The fourth-order valence-corrected chi connectivity index (χ4v) is 5.37. The van der Waals surface area contributed by atoms with Crippen LogP contribution in [0.25, 0.3) is 22.3 Å². The highest BCUT2D eigenvalue weighted by molar-refractivity contribution is 5.83. The molecular formula is C38H54. The van der Waals surface area contributed by atoms with Crippen molar-refractivity contribution < 1.29 is 0 Å². The maximum absolute atomic E-state index is 2.43. The fourth-order valence-electron chi connectivity index (χ4n) is 5.37. The molecule has 0 fully saturated rings. The zero-order valence-corrected chi connectivity index (χ0v) is 26.6. The first-order valence-electron chi connectivity index (χ1n) is 15.0. The van der Waals surface area contributed by atoms with Crippen LogP contribution in [-0.4, -0.2) is 0 Å². The lowest BCUT2D eigenvalue weighted by Gasteiger charge is -2.35. The minimum absolute atomic E-state index is 0.0349. The molecule has 0 aliphatic heterocycles. The van der Waals surface area contributed by atoms with Gasteiger partial charge in [-0.05, 0) is 91.9 Å². The summed E-state index contributed by atoms with van der Waals surface area (Å²) >= 11 is 0. The van der Waals surface area contributed by atoms with Crippen molar-refractivity contribution in [1.29, 1.82) is 0 Å². The number of rotatable bonds is 10. The molecule has 0 spiro atoms. The molecule has 0 atom stereocenters. The number of benzene rings is 3. The van der Waals surface area contributed by atoms with Crippen LogP contribution in [-0.2, 0) is 21.7 Å². The third kappa shape index (κ3) is 5.80. The van der Waals surface area contributed by atoms with E-state index in [4.69, 9.17) is 0 Å². The topological polar surface area (TPSA) is 0 Å². The standard InChI is InChI=1S/C38H54/c1-13-35(5,6)29-21-17-27(18-22-29)31-25-26-32(37(9,10)15-3)33(34(31)38(11,12)16-4)28-19-23-30(24-20-28)36(7,8)14-2/h17-26H,13-16H2,1-12H3. The van der Waals surface area contributed by atoms with Gasteiger partial charge in [-0.3, -0.25) is 0 Å². The molecule has 0 aliphatic carbocycles. The third-order valence-corrected chi connectivity index (χ3v) is 10.1. The van der Waals surface area contributed by atoms with E-state index in [9.17, 15) is 0 Å². The first-order valence-corrected chi connectivity index (χ1v) is 15.0. The lowest BCUT2D eigenvalue weighted by Crippen LogP contribution is -2.24. The van der Waals surface area contributed by atoms with Crippen LogP contribution in [0, 0.1) is 0 Å². The van der Waals surface area contributed by atoms with E-state index >= 15 is 0 Å². The molecule has 0 saturated heterocycles. The van der Waals surface area contributed by atoms with Crippen molar-refractivity contribution in [3.8, 4) is 22.3 Å². The Balaban J connectivity index is 2.37. The summed E-state index contributed by atoms with van der Waals surface area (Å²) in [5, 5.41) is 0. The van der Waals surface area contributed by atoms with Gasteiger partial charge in [0.15, 0.2) is 0 Å². The molecule has 0 amide bonds. The van der Waals surface area contributed by atoms with Gasteiger partial charge in [0.1, 0.15) is 0 Å². The highest BCUT2D eigenvalue weighted by Crippen LogP contribution is 2.47. The number of hydrogen-bond acceptors (Lipinski definition) is 0. The van der Waals surface area contributed by atoms with Gasteiger partial charge >= 0.3 is 0 Å². The molecule has 3 aromatic rings. The van der Waals surface area contributed by atoms with Crippen LogP contribution >= 0.6 is 0 Å². The molecule has 0 aromatic heterocycles. The molecule has 0 nitrogen and oxygen atoms in total. The minimum atomic E-state index is 0.0349. The average Bonchev–Trinajstić information content (AvgIpc) is 2.92. The van der Waals surface area contributed by atoms with Gasteiger partial charge in [-0.25, -0.2) is 0 Å². The van der Waals surface area contributed by atoms with Gasteiger partial charge in [-0.2, -0.15) is 0 Å². The van der Waals surface area contributed by atoms with E-state index in [1.54, 1.807) is 0 Å². The Morgan fingerprint density at radius 3 is 1.21 bits per heavy atom. The van der Waals surface area contributed by atoms with E-state index in [1.165, 1.54) is 44.5 Å². The zero-order chi connectivity index (χ0) is 28.5. The van der Waals surface area contributed by atoms with E-state index in [2.05, 4.69) is 144 Å².